The highest BCUT2D eigenvalue weighted by Crippen LogP contribution is 2.23. The summed E-state index contributed by atoms with van der Waals surface area (Å²) in [6.07, 6.45) is 0. The van der Waals surface area contributed by atoms with Gasteiger partial charge in [-0.3, -0.25) is 4.79 Å². The SMILES string of the molecule is COc1cccc2[nH]c(=O)c(C(=O)O)cc12. The second kappa shape index (κ2) is 3.69. The number of H-pyrrole nitrogens is 1. The Morgan fingerprint density at radius 2 is 2.19 bits per heavy atom. The van der Waals surface area contributed by atoms with Gasteiger partial charge in [0.25, 0.3) is 5.56 Å². The lowest BCUT2D eigenvalue weighted by atomic mass is 10.1. The first-order valence-electron chi connectivity index (χ1n) is 4.57. The maximum Gasteiger partial charge on any atom is 0.341 e. The molecule has 0 saturated heterocycles. The van der Waals surface area contributed by atoms with E-state index in [0.717, 1.165) is 0 Å². The van der Waals surface area contributed by atoms with Crippen LogP contribution in [0.3, 0.4) is 0 Å². The summed E-state index contributed by atoms with van der Waals surface area (Å²) in [4.78, 5) is 24.7. The number of aromatic carboxylic acids is 1. The second-order valence-electron chi connectivity index (χ2n) is 3.24. The predicted molar refractivity (Wildman–Crippen MR) is 58.1 cm³/mol. The van der Waals surface area contributed by atoms with Gasteiger partial charge in [0, 0.05) is 5.39 Å². The van der Waals surface area contributed by atoms with Gasteiger partial charge in [0.05, 0.1) is 12.6 Å². The Bertz CT molecular complexity index is 615. The molecule has 2 N–H and O–H groups in total. The Kier molecular flexibility index (Phi) is 2.36. The number of rotatable bonds is 2. The van der Waals surface area contributed by atoms with Crippen molar-refractivity contribution in [2.75, 3.05) is 7.11 Å². The van der Waals surface area contributed by atoms with Crippen LogP contribution in [0.4, 0.5) is 0 Å². The lowest BCUT2D eigenvalue weighted by molar-refractivity contribution is 0.0695. The number of aromatic nitrogens is 1. The molecule has 0 amide bonds. The normalized spacial score (nSPS) is 10.3. The van der Waals surface area contributed by atoms with E-state index in [1.54, 1.807) is 18.2 Å². The molecule has 0 radical (unpaired) electrons. The number of ether oxygens (including phenoxy) is 1. The molecular weight excluding hydrogens is 210 g/mol. The molecule has 0 atom stereocenters. The molecular formula is C11H9NO4. The van der Waals surface area contributed by atoms with Gasteiger partial charge in [0.15, 0.2) is 0 Å². The molecule has 16 heavy (non-hydrogen) atoms. The molecule has 1 aromatic heterocycles. The molecule has 5 nitrogen and oxygen atoms in total. The molecule has 0 aliphatic heterocycles. The minimum atomic E-state index is -1.26. The lowest BCUT2D eigenvalue weighted by Gasteiger charge is -2.05. The molecule has 0 spiro atoms. The van der Waals surface area contributed by atoms with Crippen LogP contribution in [0.2, 0.25) is 0 Å². The topological polar surface area (TPSA) is 79.4 Å². The molecule has 0 unspecified atom stereocenters. The molecule has 2 aromatic rings. The van der Waals surface area contributed by atoms with Gasteiger partial charge in [-0.15, -0.1) is 0 Å². The maximum absolute atomic E-state index is 11.4. The molecule has 0 aliphatic rings. The number of carboxylic acid groups (broad SMARTS) is 1. The predicted octanol–water partition coefficient (Wildman–Crippen LogP) is 1.23. The third kappa shape index (κ3) is 1.52. The van der Waals surface area contributed by atoms with Crippen molar-refractivity contribution in [2.45, 2.75) is 0 Å². The molecule has 0 aliphatic carbocycles. The highest BCUT2D eigenvalue weighted by atomic mass is 16.5. The molecule has 82 valence electrons. The average Bonchev–Trinajstić information content (AvgIpc) is 2.26. The third-order valence-corrected chi connectivity index (χ3v) is 2.30. The van der Waals surface area contributed by atoms with Crippen molar-refractivity contribution in [3.63, 3.8) is 0 Å². The molecule has 1 heterocycles. The largest absolute Gasteiger partial charge is 0.496 e. The molecule has 1 aromatic carbocycles. The van der Waals surface area contributed by atoms with Crippen LogP contribution < -0.4 is 10.3 Å². The van der Waals surface area contributed by atoms with E-state index in [1.807, 2.05) is 0 Å². The molecule has 0 saturated carbocycles. The number of fused-ring (bicyclic) bond motifs is 1. The van der Waals surface area contributed by atoms with E-state index >= 15 is 0 Å². The van der Waals surface area contributed by atoms with Gasteiger partial charge in [-0.2, -0.15) is 0 Å². The Morgan fingerprint density at radius 3 is 2.81 bits per heavy atom. The zero-order valence-electron chi connectivity index (χ0n) is 8.48. The molecule has 0 fully saturated rings. The van der Waals surface area contributed by atoms with Gasteiger partial charge < -0.3 is 14.8 Å². The number of carboxylic acids is 1. The molecule has 0 bridgehead atoms. The number of hydrogen-bond donors (Lipinski definition) is 2. The van der Waals surface area contributed by atoms with Crippen LogP contribution >= 0.6 is 0 Å². The van der Waals surface area contributed by atoms with Crippen molar-refractivity contribution in [1.82, 2.24) is 4.98 Å². The van der Waals surface area contributed by atoms with Crippen molar-refractivity contribution in [3.05, 3.63) is 40.2 Å². The lowest BCUT2D eigenvalue weighted by Crippen LogP contribution is -2.17. The smallest absolute Gasteiger partial charge is 0.341 e. The van der Waals surface area contributed by atoms with Gasteiger partial charge in [0.1, 0.15) is 11.3 Å². The highest BCUT2D eigenvalue weighted by Gasteiger charge is 2.11. The zero-order valence-corrected chi connectivity index (χ0v) is 8.48. The fraction of sp³-hybridized carbons (Fsp3) is 0.0909. The summed E-state index contributed by atoms with van der Waals surface area (Å²) in [5.74, 6) is -0.731. The summed E-state index contributed by atoms with van der Waals surface area (Å²) in [6.45, 7) is 0. The minimum Gasteiger partial charge on any atom is -0.496 e. The summed E-state index contributed by atoms with van der Waals surface area (Å²) in [7, 11) is 1.49. The zero-order chi connectivity index (χ0) is 11.7. The van der Waals surface area contributed by atoms with Crippen LogP contribution in [0.1, 0.15) is 10.4 Å². The molecule has 5 heteroatoms. The van der Waals surface area contributed by atoms with Crippen molar-refractivity contribution in [1.29, 1.82) is 0 Å². The summed E-state index contributed by atoms with van der Waals surface area (Å²) >= 11 is 0. The van der Waals surface area contributed by atoms with Crippen LogP contribution in [0, 0.1) is 0 Å². The minimum absolute atomic E-state index is 0.294. The van der Waals surface area contributed by atoms with Crippen LogP contribution in [0.15, 0.2) is 29.1 Å². The van der Waals surface area contributed by atoms with E-state index in [1.165, 1.54) is 13.2 Å². The average molecular weight is 219 g/mol. The Hall–Kier alpha value is -2.30. The number of nitrogens with one attached hydrogen (secondary N) is 1. The van der Waals surface area contributed by atoms with Crippen LogP contribution in [-0.2, 0) is 0 Å². The van der Waals surface area contributed by atoms with Gasteiger partial charge in [-0.25, -0.2) is 4.79 Å². The number of pyridine rings is 1. The highest BCUT2D eigenvalue weighted by molar-refractivity contribution is 5.94. The van der Waals surface area contributed by atoms with Crippen LogP contribution in [0.5, 0.6) is 5.75 Å². The first-order valence-corrected chi connectivity index (χ1v) is 4.57. The van der Waals surface area contributed by atoms with E-state index in [0.29, 0.717) is 16.7 Å². The van der Waals surface area contributed by atoms with Gasteiger partial charge in [-0.05, 0) is 18.2 Å². The maximum atomic E-state index is 11.4. The summed E-state index contributed by atoms with van der Waals surface area (Å²) in [5, 5.41) is 9.40. The van der Waals surface area contributed by atoms with Gasteiger partial charge in [-0.1, -0.05) is 6.07 Å². The Balaban J connectivity index is 2.85. The van der Waals surface area contributed by atoms with Gasteiger partial charge >= 0.3 is 5.97 Å². The Labute approximate surface area is 90.3 Å². The summed E-state index contributed by atoms with van der Waals surface area (Å²) in [5.41, 5.74) is -0.361. The second-order valence-corrected chi connectivity index (χ2v) is 3.24. The molecule has 2 rings (SSSR count). The van der Waals surface area contributed by atoms with Crippen LogP contribution in [0.25, 0.3) is 10.9 Å². The van der Waals surface area contributed by atoms with Gasteiger partial charge in [0.2, 0.25) is 0 Å². The van der Waals surface area contributed by atoms with Crippen LogP contribution in [-0.4, -0.2) is 23.2 Å². The first-order chi connectivity index (χ1) is 7.63. The number of carbonyl (C=O) groups is 1. The quantitative estimate of drug-likeness (QED) is 0.796. The first kappa shape index (κ1) is 10.2. The monoisotopic (exact) mass is 219 g/mol. The van der Waals surface area contributed by atoms with Crippen molar-refractivity contribution in [2.24, 2.45) is 0 Å². The fourth-order valence-corrected chi connectivity index (χ4v) is 1.54. The number of methoxy groups -OCH3 is 1. The third-order valence-electron chi connectivity index (χ3n) is 2.30. The van der Waals surface area contributed by atoms with E-state index in [-0.39, 0.29) is 5.56 Å². The fourth-order valence-electron chi connectivity index (χ4n) is 1.54. The number of aromatic amines is 1. The number of hydrogen-bond acceptors (Lipinski definition) is 3. The number of benzene rings is 1. The Morgan fingerprint density at radius 1 is 1.44 bits per heavy atom. The summed E-state index contributed by atoms with van der Waals surface area (Å²) < 4.78 is 5.09. The van der Waals surface area contributed by atoms with E-state index in [2.05, 4.69) is 4.98 Å². The van der Waals surface area contributed by atoms with Crippen molar-refractivity contribution < 1.29 is 14.6 Å². The summed E-state index contributed by atoms with van der Waals surface area (Å²) in [6, 6.07) is 6.42. The van der Waals surface area contributed by atoms with Crippen molar-refractivity contribution >= 4 is 16.9 Å². The van der Waals surface area contributed by atoms with Crippen molar-refractivity contribution in [3.8, 4) is 5.75 Å². The van der Waals surface area contributed by atoms with E-state index < -0.39 is 11.5 Å². The van der Waals surface area contributed by atoms with E-state index in [4.69, 9.17) is 9.84 Å². The standard InChI is InChI=1S/C11H9NO4/c1-16-9-4-2-3-8-6(9)5-7(11(14)15)10(13)12-8/h2-5H,1H3,(H,12,13)(H,14,15). The van der Waals surface area contributed by atoms with E-state index in [9.17, 15) is 9.59 Å².